The fraction of sp³-hybridized carbons (Fsp3) is 0.269. The maximum absolute atomic E-state index is 13.2. The van der Waals surface area contributed by atoms with E-state index in [0.29, 0.717) is 25.1 Å². The van der Waals surface area contributed by atoms with Crippen molar-refractivity contribution in [2.75, 3.05) is 18.9 Å². The normalized spacial score (nSPS) is 11.6. The molecule has 1 heterocycles. The molecule has 172 valence electrons. The fourth-order valence-corrected chi connectivity index (χ4v) is 3.41. The Bertz CT molecular complexity index is 1130. The number of carbonyl (C=O) groups is 2. The van der Waals surface area contributed by atoms with Crippen LogP contribution in [0, 0.1) is 0 Å². The van der Waals surface area contributed by atoms with Crippen LogP contribution in [0.25, 0.3) is 0 Å². The van der Waals surface area contributed by atoms with Gasteiger partial charge in [0, 0.05) is 18.7 Å². The van der Waals surface area contributed by atoms with Crippen molar-refractivity contribution in [2.24, 2.45) is 0 Å². The molecule has 3 rings (SSSR count). The molecule has 1 atom stereocenters. The molecule has 7 heteroatoms. The largest absolute Gasteiger partial charge is 0.354 e. The summed E-state index contributed by atoms with van der Waals surface area (Å²) in [6.45, 7) is 2.06. The highest BCUT2D eigenvalue weighted by molar-refractivity contribution is 5.94. The number of nitrogens with one attached hydrogen (secondary N) is 3. The summed E-state index contributed by atoms with van der Waals surface area (Å²) in [6.07, 6.45) is 1.20. The minimum atomic E-state index is -0.455. The van der Waals surface area contributed by atoms with Gasteiger partial charge < -0.3 is 20.5 Å². The van der Waals surface area contributed by atoms with Gasteiger partial charge in [0.2, 0.25) is 11.8 Å². The van der Waals surface area contributed by atoms with Gasteiger partial charge in [0.1, 0.15) is 12.2 Å². The molecule has 2 aromatic carbocycles. The maximum atomic E-state index is 13.2. The lowest BCUT2D eigenvalue weighted by molar-refractivity contribution is -0.121. The Kier molecular flexibility index (Phi) is 8.55. The lowest BCUT2D eigenvalue weighted by atomic mass is 10.1. The predicted octanol–water partition coefficient (Wildman–Crippen LogP) is 2.34. The van der Waals surface area contributed by atoms with Gasteiger partial charge in [-0.2, -0.15) is 0 Å². The van der Waals surface area contributed by atoms with E-state index in [1.807, 2.05) is 60.7 Å². The van der Waals surface area contributed by atoms with E-state index in [1.54, 1.807) is 26.1 Å². The molecule has 3 aromatic rings. The number of benzene rings is 2. The van der Waals surface area contributed by atoms with Crippen LogP contribution >= 0.6 is 0 Å². The third kappa shape index (κ3) is 6.89. The van der Waals surface area contributed by atoms with Crippen LogP contribution in [0.4, 0.5) is 5.69 Å². The summed E-state index contributed by atoms with van der Waals surface area (Å²) in [5.74, 6) is -0.571. The van der Waals surface area contributed by atoms with Crippen molar-refractivity contribution in [2.45, 2.75) is 32.4 Å². The maximum Gasteiger partial charge on any atom is 0.275 e. The highest BCUT2D eigenvalue weighted by atomic mass is 16.2. The second-order valence-electron chi connectivity index (χ2n) is 7.88. The third-order valence-electron chi connectivity index (χ3n) is 5.46. The molecule has 0 aliphatic rings. The van der Waals surface area contributed by atoms with E-state index in [2.05, 4.69) is 16.0 Å². The van der Waals surface area contributed by atoms with Crippen LogP contribution in [0.15, 0.2) is 77.6 Å². The van der Waals surface area contributed by atoms with E-state index in [4.69, 9.17) is 0 Å². The molecule has 3 N–H and O–H groups in total. The Labute approximate surface area is 193 Å². The predicted molar refractivity (Wildman–Crippen MR) is 130 cm³/mol. The highest BCUT2D eigenvalue weighted by Crippen LogP contribution is 2.11. The van der Waals surface area contributed by atoms with Crippen LogP contribution < -0.4 is 21.5 Å². The summed E-state index contributed by atoms with van der Waals surface area (Å²) in [6, 6.07) is 22.5. The molecule has 33 heavy (non-hydrogen) atoms. The molecule has 0 saturated carbocycles. The minimum absolute atomic E-state index is 0.124. The van der Waals surface area contributed by atoms with Crippen molar-refractivity contribution < 1.29 is 9.59 Å². The molecule has 0 radical (unpaired) electrons. The zero-order valence-corrected chi connectivity index (χ0v) is 19.0. The Balaban J connectivity index is 1.78. The summed E-state index contributed by atoms with van der Waals surface area (Å²) in [4.78, 5) is 38.2. The monoisotopic (exact) mass is 446 g/mol. The Hall–Kier alpha value is -3.71. The summed E-state index contributed by atoms with van der Waals surface area (Å²) >= 11 is 0. The average molecular weight is 447 g/mol. The van der Waals surface area contributed by atoms with Gasteiger partial charge >= 0.3 is 0 Å². The van der Waals surface area contributed by atoms with Gasteiger partial charge in [0.25, 0.3) is 5.56 Å². The number of aromatic nitrogens is 1. The SMILES string of the molecule is CN[C@@H](C)C(=O)Nc1ccc(Cc2ccccc2)n(CC(=O)NCCc2ccccc2)c1=O. The number of rotatable bonds is 10. The Morgan fingerprint density at radius 3 is 2.18 bits per heavy atom. The number of carbonyl (C=O) groups excluding carboxylic acids is 2. The van der Waals surface area contributed by atoms with Gasteiger partial charge in [-0.05, 0) is 43.7 Å². The van der Waals surface area contributed by atoms with Gasteiger partial charge in [0.15, 0.2) is 0 Å². The van der Waals surface area contributed by atoms with Crippen molar-refractivity contribution in [1.29, 1.82) is 0 Å². The van der Waals surface area contributed by atoms with Crippen LogP contribution in [0.1, 0.15) is 23.7 Å². The van der Waals surface area contributed by atoms with Crippen molar-refractivity contribution in [3.8, 4) is 0 Å². The lowest BCUT2D eigenvalue weighted by Crippen LogP contribution is -2.39. The minimum Gasteiger partial charge on any atom is -0.354 e. The standard InChI is InChI=1S/C26H30N4O3/c1-19(27-2)25(32)29-23-14-13-22(17-21-11-7-4-8-12-21)30(26(23)33)18-24(31)28-16-15-20-9-5-3-6-10-20/h3-14,19,27H,15-18H2,1-2H3,(H,28,31)(H,29,32)/t19-/m0/s1. The van der Waals surface area contributed by atoms with Gasteiger partial charge in [-0.1, -0.05) is 60.7 Å². The zero-order chi connectivity index (χ0) is 23.6. The Morgan fingerprint density at radius 1 is 0.909 bits per heavy atom. The smallest absolute Gasteiger partial charge is 0.275 e. The first kappa shape index (κ1) is 23.9. The molecule has 0 spiro atoms. The van der Waals surface area contributed by atoms with Gasteiger partial charge in [0.05, 0.1) is 6.04 Å². The van der Waals surface area contributed by atoms with Gasteiger partial charge in [-0.25, -0.2) is 0 Å². The second kappa shape index (κ2) is 11.8. The van der Waals surface area contributed by atoms with E-state index in [0.717, 1.165) is 11.1 Å². The first-order valence-electron chi connectivity index (χ1n) is 11.0. The molecule has 7 nitrogen and oxygen atoms in total. The van der Waals surface area contributed by atoms with E-state index in [1.165, 1.54) is 4.57 Å². The van der Waals surface area contributed by atoms with Crippen molar-refractivity contribution in [3.63, 3.8) is 0 Å². The van der Waals surface area contributed by atoms with Crippen LogP contribution in [0.2, 0.25) is 0 Å². The van der Waals surface area contributed by atoms with Crippen molar-refractivity contribution in [1.82, 2.24) is 15.2 Å². The number of nitrogens with zero attached hydrogens (tertiary/aromatic N) is 1. The summed E-state index contributed by atoms with van der Waals surface area (Å²) < 4.78 is 1.44. The summed E-state index contributed by atoms with van der Waals surface area (Å²) in [5, 5.41) is 8.40. The van der Waals surface area contributed by atoms with Crippen LogP contribution in [-0.4, -0.2) is 36.0 Å². The molecule has 0 unspecified atom stereocenters. The van der Waals surface area contributed by atoms with Crippen LogP contribution in [-0.2, 0) is 29.0 Å². The third-order valence-corrected chi connectivity index (χ3v) is 5.46. The number of pyridine rings is 1. The molecular weight excluding hydrogens is 416 g/mol. The first-order chi connectivity index (χ1) is 16.0. The number of hydrogen-bond donors (Lipinski definition) is 3. The zero-order valence-electron chi connectivity index (χ0n) is 19.0. The second-order valence-corrected chi connectivity index (χ2v) is 7.88. The van der Waals surface area contributed by atoms with Crippen LogP contribution in [0.5, 0.6) is 0 Å². The van der Waals surface area contributed by atoms with Crippen molar-refractivity contribution in [3.05, 3.63) is 100.0 Å². The number of amides is 2. The topological polar surface area (TPSA) is 92.2 Å². The van der Waals surface area contributed by atoms with Crippen molar-refractivity contribution >= 4 is 17.5 Å². The molecule has 0 aliphatic heterocycles. The number of hydrogen-bond acceptors (Lipinski definition) is 4. The number of anilines is 1. The molecule has 0 saturated heterocycles. The van der Waals surface area contributed by atoms with E-state index < -0.39 is 11.6 Å². The summed E-state index contributed by atoms with van der Waals surface area (Å²) in [5.41, 5.74) is 2.59. The van der Waals surface area contributed by atoms with Crippen LogP contribution in [0.3, 0.4) is 0 Å². The van der Waals surface area contributed by atoms with Gasteiger partial charge in [-0.3, -0.25) is 14.4 Å². The first-order valence-corrected chi connectivity index (χ1v) is 11.0. The fourth-order valence-electron chi connectivity index (χ4n) is 3.41. The van der Waals surface area contributed by atoms with E-state index in [-0.39, 0.29) is 24.0 Å². The molecule has 0 fully saturated rings. The summed E-state index contributed by atoms with van der Waals surface area (Å²) in [7, 11) is 1.67. The van der Waals surface area contributed by atoms with E-state index >= 15 is 0 Å². The molecule has 0 aliphatic carbocycles. The number of likely N-dealkylation sites (N-methyl/N-ethyl adjacent to an activating group) is 1. The molecular formula is C26H30N4O3. The highest BCUT2D eigenvalue weighted by Gasteiger charge is 2.16. The molecule has 1 aromatic heterocycles. The lowest BCUT2D eigenvalue weighted by Gasteiger charge is -2.16. The molecule has 0 bridgehead atoms. The quantitative estimate of drug-likeness (QED) is 0.446. The molecule has 2 amide bonds. The average Bonchev–Trinajstić information content (AvgIpc) is 2.83. The Morgan fingerprint density at radius 2 is 1.55 bits per heavy atom. The van der Waals surface area contributed by atoms with E-state index in [9.17, 15) is 14.4 Å². The van der Waals surface area contributed by atoms with Gasteiger partial charge in [-0.15, -0.1) is 0 Å².